The summed E-state index contributed by atoms with van der Waals surface area (Å²) in [5.41, 5.74) is -0.460. The van der Waals surface area contributed by atoms with Crippen molar-refractivity contribution in [3.63, 3.8) is 0 Å². The molecule has 0 aliphatic carbocycles. The van der Waals surface area contributed by atoms with Crippen molar-refractivity contribution in [2.45, 2.75) is 46.4 Å². The zero-order chi connectivity index (χ0) is 12.6. The Balaban J connectivity index is 2.05. The second kappa shape index (κ2) is 4.01. The third-order valence-electron chi connectivity index (χ3n) is 2.59. The number of carbonyl (C=O) groups is 1. The molecule has 2 rings (SSSR count). The van der Waals surface area contributed by atoms with Crippen LogP contribution in [-0.2, 0) is 17.8 Å². The lowest BCUT2D eigenvalue weighted by molar-refractivity contribution is 0.0194. The van der Waals surface area contributed by atoms with Crippen molar-refractivity contribution in [3.05, 3.63) is 11.6 Å². The molecule has 1 aliphatic heterocycles. The normalized spacial score (nSPS) is 15.6. The van der Waals surface area contributed by atoms with E-state index in [-0.39, 0.29) is 6.09 Å². The van der Waals surface area contributed by atoms with E-state index in [2.05, 4.69) is 10.2 Å². The van der Waals surface area contributed by atoms with Crippen LogP contribution in [0.5, 0.6) is 0 Å². The highest BCUT2D eigenvalue weighted by atomic mass is 16.6. The van der Waals surface area contributed by atoms with E-state index in [4.69, 9.17) is 4.74 Å². The topological polar surface area (TPSA) is 60.2 Å². The minimum Gasteiger partial charge on any atom is -0.444 e. The largest absolute Gasteiger partial charge is 0.444 e. The molecule has 0 saturated carbocycles. The van der Waals surface area contributed by atoms with E-state index in [1.54, 1.807) is 4.90 Å². The van der Waals surface area contributed by atoms with Crippen LogP contribution >= 0.6 is 0 Å². The van der Waals surface area contributed by atoms with Crippen LogP contribution in [-0.4, -0.2) is 37.9 Å². The molecule has 1 amide bonds. The van der Waals surface area contributed by atoms with Gasteiger partial charge in [0.2, 0.25) is 0 Å². The predicted molar refractivity (Wildman–Crippen MR) is 61.4 cm³/mol. The molecule has 0 aromatic carbocycles. The predicted octanol–water partition coefficient (Wildman–Crippen LogP) is 1.34. The lowest BCUT2D eigenvalue weighted by Crippen LogP contribution is -2.41. The third-order valence-corrected chi connectivity index (χ3v) is 2.59. The summed E-state index contributed by atoms with van der Waals surface area (Å²) in [5, 5.41) is 8.05. The van der Waals surface area contributed by atoms with Crippen molar-refractivity contribution < 1.29 is 9.53 Å². The number of carbonyl (C=O) groups excluding carboxylic acids is 1. The Hall–Kier alpha value is -1.59. The monoisotopic (exact) mass is 238 g/mol. The molecule has 2 heterocycles. The van der Waals surface area contributed by atoms with Gasteiger partial charge in [-0.3, -0.25) is 4.90 Å². The van der Waals surface area contributed by atoms with Gasteiger partial charge in [0.15, 0.2) is 5.82 Å². The molecule has 0 fully saturated rings. The Bertz CT molecular complexity index is 433. The smallest absolute Gasteiger partial charge is 0.410 e. The number of fused-ring (bicyclic) bond motifs is 1. The number of rotatable bonds is 0. The van der Waals surface area contributed by atoms with Crippen molar-refractivity contribution in [1.29, 1.82) is 0 Å². The number of amides is 1. The molecule has 1 aromatic rings. The van der Waals surface area contributed by atoms with Crippen LogP contribution in [0.15, 0.2) is 0 Å². The van der Waals surface area contributed by atoms with Crippen LogP contribution in [0.2, 0.25) is 0 Å². The van der Waals surface area contributed by atoms with Gasteiger partial charge in [0, 0.05) is 13.1 Å². The fourth-order valence-electron chi connectivity index (χ4n) is 1.79. The maximum Gasteiger partial charge on any atom is 0.410 e. The molecule has 0 spiro atoms. The summed E-state index contributed by atoms with van der Waals surface area (Å²) in [7, 11) is 0. The molecule has 0 unspecified atom stereocenters. The molecule has 1 aliphatic rings. The summed E-state index contributed by atoms with van der Waals surface area (Å²) in [6, 6.07) is 0. The molecule has 17 heavy (non-hydrogen) atoms. The van der Waals surface area contributed by atoms with E-state index in [1.807, 2.05) is 32.3 Å². The van der Waals surface area contributed by atoms with Gasteiger partial charge in [0.25, 0.3) is 0 Å². The zero-order valence-electron chi connectivity index (χ0n) is 10.7. The third kappa shape index (κ3) is 2.57. The van der Waals surface area contributed by atoms with Gasteiger partial charge < -0.3 is 9.30 Å². The Morgan fingerprint density at radius 1 is 1.29 bits per heavy atom. The van der Waals surface area contributed by atoms with Crippen molar-refractivity contribution in [2.75, 3.05) is 6.54 Å². The highest BCUT2D eigenvalue weighted by Gasteiger charge is 2.27. The first kappa shape index (κ1) is 11.9. The summed E-state index contributed by atoms with van der Waals surface area (Å²) in [6.07, 6.45) is -0.288. The second-order valence-electron chi connectivity index (χ2n) is 5.22. The number of hydrogen-bond donors (Lipinski definition) is 0. The standard InChI is InChI=1S/C11H18N4O2/c1-8-12-13-9-7-14(5-6-15(8)9)10(16)17-11(2,3)4/h5-7H2,1-4H3. The molecule has 0 saturated heterocycles. The lowest BCUT2D eigenvalue weighted by atomic mass is 10.2. The van der Waals surface area contributed by atoms with Gasteiger partial charge in [-0.25, -0.2) is 4.79 Å². The van der Waals surface area contributed by atoms with Crippen LogP contribution in [0.3, 0.4) is 0 Å². The molecule has 6 nitrogen and oxygen atoms in total. The first-order valence-electron chi connectivity index (χ1n) is 5.73. The molecule has 0 N–H and O–H groups in total. The SMILES string of the molecule is Cc1nnc2n1CCN(C(=O)OC(C)(C)C)C2. The van der Waals surface area contributed by atoms with E-state index < -0.39 is 5.60 Å². The van der Waals surface area contributed by atoms with Crippen LogP contribution < -0.4 is 0 Å². The van der Waals surface area contributed by atoms with Gasteiger partial charge in [-0.05, 0) is 27.7 Å². The number of hydrogen-bond acceptors (Lipinski definition) is 4. The Morgan fingerprint density at radius 3 is 2.65 bits per heavy atom. The number of aromatic nitrogens is 3. The van der Waals surface area contributed by atoms with E-state index >= 15 is 0 Å². The molecule has 94 valence electrons. The van der Waals surface area contributed by atoms with Crippen molar-refractivity contribution in [1.82, 2.24) is 19.7 Å². The summed E-state index contributed by atoms with van der Waals surface area (Å²) < 4.78 is 7.36. The fraction of sp³-hybridized carbons (Fsp3) is 0.727. The quantitative estimate of drug-likeness (QED) is 0.684. The van der Waals surface area contributed by atoms with Crippen LogP contribution in [0.25, 0.3) is 0 Å². The average molecular weight is 238 g/mol. The van der Waals surface area contributed by atoms with Gasteiger partial charge >= 0.3 is 6.09 Å². The average Bonchev–Trinajstić information content (AvgIpc) is 2.57. The van der Waals surface area contributed by atoms with Crippen LogP contribution in [0.1, 0.15) is 32.4 Å². The van der Waals surface area contributed by atoms with E-state index in [0.29, 0.717) is 13.1 Å². The summed E-state index contributed by atoms with van der Waals surface area (Å²) in [5.74, 6) is 1.71. The minimum absolute atomic E-state index is 0.288. The summed E-state index contributed by atoms with van der Waals surface area (Å²) >= 11 is 0. The van der Waals surface area contributed by atoms with Gasteiger partial charge in [0.1, 0.15) is 11.4 Å². The zero-order valence-corrected chi connectivity index (χ0v) is 10.7. The maximum absolute atomic E-state index is 11.9. The second-order valence-corrected chi connectivity index (χ2v) is 5.22. The van der Waals surface area contributed by atoms with E-state index in [9.17, 15) is 4.79 Å². The highest BCUT2D eigenvalue weighted by Crippen LogP contribution is 2.16. The molecule has 0 radical (unpaired) electrons. The van der Waals surface area contributed by atoms with Crippen molar-refractivity contribution in [3.8, 4) is 0 Å². The number of nitrogens with zero attached hydrogens (tertiary/aromatic N) is 4. The lowest BCUT2D eigenvalue weighted by Gasteiger charge is -2.30. The number of aryl methyl sites for hydroxylation is 1. The molecular formula is C11H18N4O2. The van der Waals surface area contributed by atoms with Crippen LogP contribution in [0.4, 0.5) is 4.79 Å². The fourth-order valence-corrected chi connectivity index (χ4v) is 1.79. The first-order valence-corrected chi connectivity index (χ1v) is 5.73. The van der Waals surface area contributed by atoms with E-state index in [1.165, 1.54) is 0 Å². The van der Waals surface area contributed by atoms with Gasteiger partial charge in [0.05, 0.1) is 6.54 Å². The Kier molecular flexibility index (Phi) is 2.81. The summed E-state index contributed by atoms with van der Waals surface area (Å²) in [4.78, 5) is 13.5. The Morgan fingerprint density at radius 2 is 2.00 bits per heavy atom. The Labute approximate surface area is 101 Å². The van der Waals surface area contributed by atoms with E-state index in [0.717, 1.165) is 18.2 Å². The van der Waals surface area contributed by atoms with Gasteiger partial charge in [-0.2, -0.15) is 0 Å². The molecular weight excluding hydrogens is 220 g/mol. The van der Waals surface area contributed by atoms with Gasteiger partial charge in [-0.1, -0.05) is 0 Å². The molecule has 0 bridgehead atoms. The highest BCUT2D eigenvalue weighted by molar-refractivity contribution is 5.68. The number of ether oxygens (including phenoxy) is 1. The molecule has 1 aromatic heterocycles. The van der Waals surface area contributed by atoms with Crippen molar-refractivity contribution in [2.24, 2.45) is 0 Å². The maximum atomic E-state index is 11.9. The van der Waals surface area contributed by atoms with Gasteiger partial charge in [-0.15, -0.1) is 10.2 Å². The minimum atomic E-state index is -0.460. The van der Waals surface area contributed by atoms with Crippen LogP contribution in [0, 0.1) is 6.92 Å². The summed E-state index contributed by atoms with van der Waals surface area (Å²) in [6.45, 7) is 9.34. The first-order chi connectivity index (χ1) is 7.87. The van der Waals surface area contributed by atoms with Crippen molar-refractivity contribution >= 4 is 6.09 Å². The molecule has 6 heteroatoms. The molecule has 0 atom stereocenters.